The van der Waals surface area contributed by atoms with Crippen LogP contribution in [0.2, 0.25) is 0 Å². The number of benzene rings is 2. The van der Waals surface area contributed by atoms with E-state index in [4.69, 9.17) is 4.74 Å². The second-order valence-electron chi connectivity index (χ2n) is 6.62. The fourth-order valence-corrected chi connectivity index (χ4v) is 3.41. The molecule has 0 aliphatic carbocycles. The van der Waals surface area contributed by atoms with Crippen LogP contribution in [0.1, 0.15) is 23.2 Å². The van der Waals surface area contributed by atoms with Crippen LogP contribution in [0.25, 0.3) is 10.8 Å². The van der Waals surface area contributed by atoms with Gasteiger partial charge in [-0.1, -0.05) is 30.3 Å². The van der Waals surface area contributed by atoms with Crippen molar-refractivity contribution in [1.82, 2.24) is 15.1 Å². The summed E-state index contributed by atoms with van der Waals surface area (Å²) in [5.74, 6) is 0.164. The lowest BCUT2D eigenvalue weighted by atomic mass is 10.1. The Morgan fingerprint density at radius 3 is 2.61 bits per heavy atom. The fourth-order valence-electron chi connectivity index (χ4n) is 3.41. The Morgan fingerprint density at radius 1 is 1.11 bits per heavy atom. The summed E-state index contributed by atoms with van der Waals surface area (Å²) < 4.78 is 6.04. The Morgan fingerprint density at radius 2 is 1.82 bits per heavy atom. The predicted octanol–water partition coefficient (Wildman–Crippen LogP) is 3.22. The van der Waals surface area contributed by atoms with Crippen LogP contribution < -0.4 is 4.74 Å². The van der Waals surface area contributed by atoms with E-state index >= 15 is 0 Å². The molecule has 1 aliphatic heterocycles. The molecule has 0 bridgehead atoms. The molecule has 0 atom stereocenters. The zero-order chi connectivity index (χ0) is 19.5. The highest BCUT2D eigenvalue weighted by Crippen LogP contribution is 2.26. The average Bonchev–Trinajstić information content (AvgIpc) is 2.74. The number of hydrogen-bond donors (Lipinski definition) is 0. The molecule has 1 saturated heterocycles. The Balaban J connectivity index is 1.44. The van der Waals surface area contributed by atoms with E-state index in [0.717, 1.165) is 10.8 Å². The Hall–Kier alpha value is -3.55. The maximum Gasteiger partial charge on any atom is 0.282 e. The number of fused-ring (bicyclic) bond motifs is 1. The number of para-hydroxylation sites is 1. The summed E-state index contributed by atoms with van der Waals surface area (Å²) in [6.45, 7) is 0.932. The summed E-state index contributed by atoms with van der Waals surface area (Å²) >= 11 is 0. The van der Waals surface area contributed by atoms with Crippen LogP contribution in [0.5, 0.6) is 5.88 Å². The number of ether oxygens (including phenoxy) is 1. The SMILES string of the molecule is O=C(c1ccccc1[N+](=O)[O-])N1CCC(Oc2nncc3ccccc23)CC1. The van der Waals surface area contributed by atoms with Crippen LogP contribution in [0.3, 0.4) is 0 Å². The highest BCUT2D eigenvalue weighted by Gasteiger charge is 2.29. The van der Waals surface area contributed by atoms with Gasteiger partial charge in [0.25, 0.3) is 11.6 Å². The Kier molecular flexibility index (Phi) is 4.84. The van der Waals surface area contributed by atoms with Crippen LogP contribution in [0.15, 0.2) is 54.7 Å². The van der Waals surface area contributed by atoms with Gasteiger partial charge < -0.3 is 9.64 Å². The summed E-state index contributed by atoms with van der Waals surface area (Å²) in [6, 6.07) is 13.8. The normalized spacial score (nSPS) is 14.8. The summed E-state index contributed by atoms with van der Waals surface area (Å²) in [5.41, 5.74) is -0.0521. The molecule has 142 valence electrons. The van der Waals surface area contributed by atoms with Crippen molar-refractivity contribution < 1.29 is 14.5 Å². The number of nitrogens with zero attached hydrogens (tertiary/aromatic N) is 4. The van der Waals surface area contributed by atoms with Gasteiger partial charge in [0.15, 0.2) is 0 Å². The monoisotopic (exact) mass is 378 g/mol. The maximum atomic E-state index is 12.7. The van der Waals surface area contributed by atoms with Crippen molar-refractivity contribution in [2.45, 2.75) is 18.9 Å². The Labute approximate surface area is 160 Å². The van der Waals surface area contributed by atoms with Gasteiger partial charge in [0.05, 0.1) is 11.1 Å². The molecular formula is C20H18N4O4. The third-order valence-corrected chi connectivity index (χ3v) is 4.88. The van der Waals surface area contributed by atoms with E-state index in [1.54, 1.807) is 23.2 Å². The Bertz CT molecular complexity index is 1030. The molecule has 28 heavy (non-hydrogen) atoms. The summed E-state index contributed by atoms with van der Waals surface area (Å²) in [5, 5.41) is 21.1. The number of nitro groups is 1. The van der Waals surface area contributed by atoms with Gasteiger partial charge in [-0.25, -0.2) is 0 Å². The van der Waals surface area contributed by atoms with E-state index in [-0.39, 0.29) is 23.3 Å². The topological polar surface area (TPSA) is 98.5 Å². The number of rotatable bonds is 4. The lowest BCUT2D eigenvalue weighted by Gasteiger charge is -2.32. The molecule has 1 fully saturated rings. The summed E-state index contributed by atoms with van der Waals surface area (Å²) in [7, 11) is 0. The van der Waals surface area contributed by atoms with E-state index in [0.29, 0.717) is 31.8 Å². The molecule has 1 aromatic heterocycles. The van der Waals surface area contributed by atoms with Crippen molar-refractivity contribution in [3.05, 3.63) is 70.4 Å². The quantitative estimate of drug-likeness (QED) is 0.511. The first-order chi connectivity index (χ1) is 13.6. The first-order valence-corrected chi connectivity index (χ1v) is 9.03. The van der Waals surface area contributed by atoms with Gasteiger partial charge in [0, 0.05) is 42.8 Å². The molecule has 2 heterocycles. The highest BCUT2D eigenvalue weighted by atomic mass is 16.6. The molecule has 1 aliphatic rings. The first-order valence-electron chi connectivity index (χ1n) is 9.03. The first kappa shape index (κ1) is 17.8. The number of carbonyl (C=O) groups is 1. The van der Waals surface area contributed by atoms with Crippen molar-refractivity contribution >= 4 is 22.4 Å². The lowest BCUT2D eigenvalue weighted by Crippen LogP contribution is -2.42. The molecule has 3 aromatic rings. The molecule has 8 heteroatoms. The average molecular weight is 378 g/mol. The number of nitro benzene ring substituents is 1. The number of carbonyl (C=O) groups excluding carboxylic acids is 1. The van der Waals surface area contributed by atoms with Crippen LogP contribution >= 0.6 is 0 Å². The van der Waals surface area contributed by atoms with Gasteiger partial charge in [-0.3, -0.25) is 14.9 Å². The van der Waals surface area contributed by atoms with E-state index < -0.39 is 4.92 Å². The molecule has 4 rings (SSSR count). The predicted molar refractivity (Wildman–Crippen MR) is 102 cm³/mol. The van der Waals surface area contributed by atoms with Gasteiger partial charge in [0.2, 0.25) is 5.88 Å². The van der Waals surface area contributed by atoms with Gasteiger partial charge in [-0.15, -0.1) is 5.10 Å². The largest absolute Gasteiger partial charge is 0.473 e. The number of piperidine rings is 1. The van der Waals surface area contributed by atoms with Crippen LogP contribution in [-0.4, -0.2) is 45.1 Å². The van der Waals surface area contributed by atoms with Crippen molar-refractivity contribution in [3.63, 3.8) is 0 Å². The molecule has 0 saturated carbocycles. The number of aromatic nitrogens is 2. The number of likely N-dealkylation sites (tertiary alicyclic amines) is 1. The lowest BCUT2D eigenvalue weighted by molar-refractivity contribution is -0.385. The molecule has 2 aromatic carbocycles. The minimum Gasteiger partial charge on any atom is -0.473 e. The fraction of sp³-hybridized carbons (Fsp3) is 0.250. The molecule has 0 spiro atoms. The molecule has 0 N–H and O–H groups in total. The smallest absolute Gasteiger partial charge is 0.282 e. The molecule has 0 radical (unpaired) electrons. The third-order valence-electron chi connectivity index (χ3n) is 4.88. The number of hydrogen-bond acceptors (Lipinski definition) is 6. The standard InChI is InChI=1S/C20H18N4O4/c25-20(17-7-3-4-8-18(17)24(26)27)23-11-9-15(10-12-23)28-19-16-6-2-1-5-14(16)13-21-22-19/h1-8,13,15H,9-12H2. The van der Waals surface area contributed by atoms with E-state index in [9.17, 15) is 14.9 Å². The molecule has 0 unspecified atom stereocenters. The number of amides is 1. The van der Waals surface area contributed by atoms with Crippen LogP contribution in [0, 0.1) is 10.1 Å². The zero-order valence-electron chi connectivity index (χ0n) is 15.0. The highest BCUT2D eigenvalue weighted by molar-refractivity contribution is 5.98. The minimum absolute atomic E-state index is 0.0880. The molecule has 8 nitrogen and oxygen atoms in total. The van der Waals surface area contributed by atoms with E-state index in [2.05, 4.69) is 10.2 Å². The second-order valence-corrected chi connectivity index (χ2v) is 6.62. The molecule has 1 amide bonds. The van der Waals surface area contributed by atoms with Crippen molar-refractivity contribution in [2.75, 3.05) is 13.1 Å². The van der Waals surface area contributed by atoms with Gasteiger partial charge in [0.1, 0.15) is 11.7 Å². The van der Waals surface area contributed by atoms with E-state index in [1.165, 1.54) is 12.1 Å². The van der Waals surface area contributed by atoms with Crippen molar-refractivity contribution in [3.8, 4) is 5.88 Å². The van der Waals surface area contributed by atoms with Gasteiger partial charge >= 0.3 is 0 Å². The van der Waals surface area contributed by atoms with Gasteiger partial charge in [-0.05, 0) is 12.1 Å². The molecular weight excluding hydrogens is 360 g/mol. The summed E-state index contributed by atoms with van der Waals surface area (Å²) in [6.07, 6.45) is 2.85. The van der Waals surface area contributed by atoms with Gasteiger partial charge in [-0.2, -0.15) is 5.10 Å². The maximum absolute atomic E-state index is 12.7. The van der Waals surface area contributed by atoms with E-state index in [1.807, 2.05) is 24.3 Å². The van der Waals surface area contributed by atoms with Crippen LogP contribution in [0.4, 0.5) is 5.69 Å². The minimum atomic E-state index is -0.526. The zero-order valence-corrected chi connectivity index (χ0v) is 15.0. The third kappa shape index (κ3) is 3.48. The summed E-state index contributed by atoms with van der Waals surface area (Å²) in [4.78, 5) is 25.0. The van der Waals surface area contributed by atoms with Crippen molar-refractivity contribution in [2.24, 2.45) is 0 Å². The van der Waals surface area contributed by atoms with Crippen molar-refractivity contribution in [1.29, 1.82) is 0 Å². The second kappa shape index (κ2) is 7.59. The van der Waals surface area contributed by atoms with Crippen LogP contribution in [-0.2, 0) is 0 Å².